The fraction of sp³-hybridized carbons (Fsp3) is 0.917. The topological polar surface area (TPSA) is 54.0 Å². The largest absolute Gasteiger partial charge is 0.469 e. The van der Waals surface area contributed by atoms with Gasteiger partial charge in [-0.1, -0.05) is 6.92 Å². The van der Waals surface area contributed by atoms with Crippen LogP contribution in [0.15, 0.2) is 0 Å². The normalized spacial score (nSPS) is 15.2. The predicted octanol–water partition coefficient (Wildman–Crippen LogP) is 1.03. The second-order valence-electron chi connectivity index (χ2n) is 3.93. The van der Waals surface area contributed by atoms with Crippen molar-refractivity contribution in [1.29, 1.82) is 0 Å². The number of carbonyl (C=O) groups excluding carboxylic acids is 1. The van der Waals surface area contributed by atoms with Crippen LogP contribution >= 0.6 is 0 Å². The van der Waals surface area contributed by atoms with Crippen molar-refractivity contribution >= 4 is 15.7 Å². The summed E-state index contributed by atoms with van der Waals surface area (Å²) in [5.74, 6) is -0.726. The zero-order chi connectivity index (χ0) is 14.0. The molecule has 0 fully saturated rings. The van der Waals surface area contributed by atoms with E-state index in [0.717, 1.165) is 6.42 Å². The number of esters is 1. The summed E-state index contributed by atoms with van der Waals surface area (Å²) in [6, 6.07) is 0. The quantitative estimate of drug-likeness (QED) is 0.339. The number of hydrogen-bond donors (Lipinski definition) is 0. The molecule has 0 aliphatic rings. The van der Waals surface area contributed by atoms with E-state index < -0.39 is 9.76 Å². The van der Waals surface area contributed by atoms with E-state index in [1.54, 1.807) is 0 Å². The summed E-state index contributed by atoms with van der Waals surface area (Å²) in [7, 11) is 0.405. The Morgan fingerprint density at radius 2 is 1.72 bits per heavy atom. The zero-order valence-electron chi connectivity index (χ0n) is 12.1. The van der Waals surface area contributed by atoms with Crippen LogP contribution in [0.3, 0.4) is 0 Å². The van der Waals surface area contributed by atoms with Gasteiger partial charge in [0, 0.05) is 13.2 Å². The van der Waals surface area contributed by atoms with Gasteiger partial charge in [-0.2, -0.15) is 0 Å². The average Bonchev–Trinajstić information content (AvgIpc) is 2.38. The van der Waals surface area contributed by atoms with Crippen molar-refractivity contribution in [2.24, 2.45) is 5.92 Å². The van der Waals surface area contributed by atoms with Crippen molar-refractivity contribution in [2.75, 3.05) is 20.3 Å². The van der Waals surface area contributed by atoms with Crippen LogP contribution < -0.4 is 0 Å². The molecule has 0 heterocycles. The summed E-state index contributed by atoms with van der Waals surface area (Å²) in [6.07, 6.45) is 0.654. The molecule has 18 heavy (non-hydrogen) atoms. The molecule has 0 N–H and O–H groups in total. The van der Waals surface area contributed by atoms with Crippen LogP contribution in [0.4, 0.5) is 0 Å². The summed E-state index contributed by atoms with van der Waals surface area (Å²) in [4.78, 5) is 11.5. The first-order chi connectivity index (χ1) is 8.60. The highest BCUT2D eigenvalue weighted by Gasteiger charge is 2.25. The molecular weight excluding hydrogens is 252 g/mol. The standard InChI is InChI=1S/C12H26O5Si/c1-6-10(9(4)11(13)14-5)17-18-12(15-7-2)16-8-3/h9-10,12H,6-8,18H2,1-5H3. The van der Waals surface area contributed by atoms with Crippen LogP contribution in [-0.4, -0.2) is 48.1 Å². The molecule has 5 nitrogen and oxygen atoms in total. The average molecular weight is 278 g/mol. The predicted molar refractivity (Wildman–Crippen MR) is 71.9 cm³/mol. The van der Waals surface area contributed by atoms with E-state index in [9.17, 15) is 4.79 Å². The SMILES string of the molecule is CCOC(OCC)[SiH2]OC(CC)C(C)C(=O)OC. The summed E-state index contributed by atoms with van der Waals surface area (Å²) in [6.45, 7) is 8.87. The molecule has 0 aromatic carbocycles. The summed E-state index contributed by atoms with van der Waals surface area (Å²) < 4.78 is 21.4. The Kier molecular flexibility index (Phi) is 10.2. The van der Waals surface area contributed by atoms with E-state index in [1.807, 2.05) is 27.7 Å². The first kappa shape index (κ1) is 17.6. The molecule has 0 saturated heterocycles. The second kappa shape index (κ2) is 10.5. The number of rotatable bonds is 10. The lowest BCUT2D eigenvalue weighted by molar-refractivity contribution is -0.148. The van der Waals surface area contributed by atoms with Gasteiger partial charge in [0.15, 0.2) is 5.91 Å². The summed E-state index contributed by atoms with van der Waals surface area (Å²) in [5.41, 5.74) is 0. The van der Waals surface area contributed by atoms with Gasteiger partial charge in [0.05, 0.1) is 19.1 Å². The molecule has 0 spiro atoms. The Morgan fingerprint density at radius 1 is 1.17 bits per heavy atom. The lowest BCUT2D eigenvalue weighted by atomic mass is 10.0. The third kappa shape index (κ3) is 6.49. The van der Waals surface area contributed by atoms with Crippen molar-refractivity contribution in [3.8, 4) is 0 Å². The van der Waals surface area contributed by atoms with Gasteiger partial charge in [0.2, 0.25) is 9.76 Å². The van der Waals surface area contributed by atoms with Crippen LogP contribution in [0.1, 0.15) is 34.1 Å². The molecule has 0 rings (SSSR count). The van der Waals surface area contributed by atoms with Crippen LogP contribution in [0.5, 0.6) is 0 Å². The van der Waals surface area contributed by atoms with E-state index >= 15 is 0 Å². The third-order valence-electron chi connectivity index (χ3n) is 2.68. The van der Waals surface area contributed by atoms with E-state index in [4.69, 9.17) is 18.6 Å². The lowest BCUT2D eigenvalue weighted by Gasteiger charge is -2.24. The minimum absolute atomic E-state index is 0.118. The van der Waals surface area contributed by atoms with Gasteiger partial charge in [0.25, 0.3) is 0 Å². The molecule has 108 valence electrons. The molecule has 0 radical (unpaired) electrons. The molecule has 0 bridgehead atoms. The van der Waals surface area contributed by atoms with E-state index in [1.165, 1.54) is 7.11 Å². The Balaban J connectivity index is 4.22. The number of hydrogen-bond acceptors (Lipinski definition) is 5. The van der Waals surface area contributed by atoms with Gasteiger partial charge in [0.1, 0.15) is 0 Å². The summed E-state index contributed by atoms with van der Waals surface area (Å²) in [5, 5.41) is 0. The van der Waals surface area contributed by atoms with Crippen molar-refractivity contribution in [2.45, 2.75) is 46.1 Å². The number of methoxy groups -OCH3 is 1. The molecule has 0 saturated carbocycles. The monoisotopic (exact) mass is 278 g/mol. The first-order valence-corrected chi connectivity index (χ1v) is 7.92. The molecule has 0 aromatic heterocycles. The Bertz CT molecular complexity index is 219. The molecule has 0 amide bonds. The zero-order valence-corrected chi connectivity index (χ0v) is 13.5. The summed E-state index contributed by atoms with van der Waals surface area (Å²) >= 11 is 0. The second-order valence-corrected chi connectivity index (χ2v) is 5.27. The van der Waals surface area contributed by atoms with Gasteiger partial charge < -0.3 is 18.6 Å². The first-order valence-electron chi connectivity index (χ1n) is 6.53. The van der Waals surface area contributed by atoms with Crippen molar-refractivity contribution in [1.82, 2.24) is 0 Å². The minimum Gasteiger partial charge on any atom is -0.469 e. The molecule has 6 heteroatoms. The maximum absolute atomic E-state index is 11.5. The van der Waals surface area contributed by atoms with Gasteiger partial charge >= 0.3 is 5.97 Å². The van der Waals surface area contributed by atoms with E-state index in [-0.39, 0.29) is 23.9 Å². The van der Waals surface area contributed by atoms with Crippen LogP contribution in [0, 0.1) is 5.92 Å². The van der Waals surface area contributed by atoms with Gasteiger partial charge in [-0.15, -0.1) is 0 Å². The Hall–Kier alpha value is -0.433. The van der Waals surface area contributed by atoms with Gasteiger partial charge in [-0.25, -0.2) is 0 Å². The van der Waals surface area contributed by atoms with Crippen molar-refractivity contribution in [3.63, 3.8) is 0 Å². The highest BCUT2D eigenvalue weighted by molar-refractivity contribution is 6.28. The molecule has 0 aliphatic heterocycles. The maximum atomic E-state index is 11.5. The Labute approximate surface area is 112 Å². The smallest absolute Gasteiger partial charge is 0.310 e. The van der Waals surface area contributed by atoms with E-state index in [0.29, 0.717) is 13.2 Å². The molecule has 0 aliphatic carbocycles. The van der Waals surface area contributed by atoms with Gasteiger partial charge in [-0.05, 0) is 27.2 Å². The van der Waals surface area contributed by atoms with Crippen molar-refractivity contribution < 1.29 is 23.4 Å². The molecule has 2 unspecified atom stereocenters. The van der Waals surface area contributed by atoms with Gasteiger partial charge in [-0.3, -0.25) is 4.79 Å². The van der Waals surface area contributed by atoms with Crippen LogP contribution in [-0.2, 0) is 23.4 Å². The number of ether oxygens (including phenoxy) is 3. The van der Waals surface area contributed by atoms with Crippen LogP contribution in [0.25, 0.3) is 0 Å². The Morgan fingerprint density at radius 3 is 2.11 bits per heavy atom. The maximum Gasteiger partial charge on any atom is 0.310 e. The van der Waals surface area contributed by atoms with E-state index in [2.05, 4.69) is 0 Å². The third-order valence-corrected chi connectivity index (χ3v) is 4.05. The lowest BCUT2D eigenvalue weighted by Crippen LogP contribution is -2.35. The van der Waals surface area contributed by atoms with Crippen molar-refractivity contribution in [3.05, 3.63) is 0 Å². The minimum atomic E-state index is -0.990. The number of carbonyl (C=O) groups is 1. The molecule has 2 atom stereocenters. The fourth-order valence-electron chi connectivity index (χ4n) is 1.67. The highest BCUT2D eigenvalue weighted by atomic mass is 28.2. The molecule has 0 aromatic rings. The van der Waals surface area contributed by atoms with Crippen LogP contribution in [0.2, 0.25) is 0 Å². The highest BCUT2D eigenvalue weighted by Crippen LogP contribution is 2.13. The fourth-order valence-corrected chi connectivity index (χ4v) is 3.26. The molecular formula is C12H26O5Si.